The van der Waals surface area contributed by atoms with E-state index >= 15 is 0 Å². The molecule has 3 rings (SSSR count). The van der Waals surface area contributed by atoms with Crippen molar-refractivity contribution in [3.8, 4) is 11.5 Å². The average molecular weight is 208 g/mol. The number of fused-ring (bicyclic) bond motifs is 1. The predicted molar refractivity (Wildman–Crippen MR) is 52.1 cm³/mol. The van der Waals surface area contributed by atoms with Gasteiger partial charge in [0.1, 0.15) is 6.10 Å². The van der Waals surface area contributed by atoms with Crippen LogP contribution in [0, 0.1) is 0 Å². The van der Waals surface area contributed by atoms with Gasteiger partial charge >= 0.3 is 0 Å². The van der Waals surface area contributed by atoms with Gasteiger partial charge in [0, 0.05) is 0 Å². The fraction of sp³-hybridized carbons (Fsp3) is 0.455. The molecule has 1 atom stereocenters. The number of benzene rings is 1. The van der Waals surface area contributed by atoms with Crippen molar-refractivity contribution in [2.45, 2.75) is 6.10 Å². The molecule has 0 bridgehead atoms. The van der Waals surface area contributed by atoms with Crippen molar-refractivity contribution < 1.29 is 18.9 Å². The van der Waals surface area contributed by atoms with E-state index in [0.717, 1.165) is 17.1 Å². The second-order valence-corrected chi connectivity index (χ2v) is 3.55. The minimum absolute atomic E-state index is 0.0215. The van der Waals surface area contributed by atoms with Crippen molar-refractivity contribution in [2.75, 3.05) is 26.6 Å². The monoisotopic (exact) mass is 208 g/mol. The van der Waals surface area contributed by atoms with Gasteiger partial charge < -0.3 is 18.9 Å². The Labute approximate surface area is 87.7 Å². The summed E-state index contributed by atoms with van der Waals surface area (Å²) in [7, 11) is 0. The van der Waals surface area contributed by atoms with Crippen LogP contribution in [0.25, 0.3) is 0 Å². The summed E-state index contributed by atoms with van der Waals surface area (Å²) in [6.45, 7) is 2.25. The van der Waals surface area contributed by atoms with Gasteiger partial charge in [-0.25, -0.2) is 0 Å². The van der Waals surface area contributed by atoms with E-state index in [0.29, 0.717) is 26.6 Å². The van der Waals surface area contributed by atoms with E-state index in [1.54, 1.807) is 0 Å². The summed E-state index contributed by atoms with van der Waals surface area (Å²) in [5.74, 6) is 1.59. The molecule has 1 aromatic rings. The zero-order chi connectivity index (χ0) is 10.1. The van der Waals surface area contributed by atoms with E-state index in [1.807, 2.05) is 18.2 Å². The van der Waals surface area contributed by atoms with Gasteiger partial charge in [-0.15, -0.1) is 0 Å². The molecule has 0 spiro atoms. The van der Waals surface area contributed by atoms with Gasteiger partial charge in [0.2, 0.25) is 6.79 Å². The molecule has 1 saturated heterocycles. The minimum atomic E-state index is 0.0215. The van der Waals surface area contributed by atoms with Gasteiger partial charge in [0.05, 0.1) is 19.8 Å². The van der Waals surface area contributed by atoms with E-state index in [2.05, 4.69) is 0 Å². The van der Waals surface area contributed by atoms with Crippen LogP contribution in [0.15, 0.2) is 18.2 Å². The zero-order valence-corrected chi connectivity index (χ0v) is 8.27. The Kier molecular flexibility index (Phi) is 2.23. The van der Waals surface area contributed by atoms with Gasteiger partial charge in [-0.2, -0.15) is 0 Å². The smallest absolute Gasteiger partial charge is 0.231 e. The molecule has 1 fully saturated rings. The summed E-state index contributed by atoms with van der Waals surface area (Å²) < 4.78 is 21.5. The highest BCUT2D eigenvalue weighted by atomic mass is 16.7. The van der Waals surface area contributed by atoms with Crippen LogP contribution in [0.1, 0.15) is 11.7 Å². The molecule has 0 radical (unpaired) electrons. The maximum Gasteiger partial charge on any atom is 0.231 e. The highest BCUT2D eigenvalue weighted by Gasteiger charge is 2.20. The predicted octanol–water partition coefficient (Wildman–Crippen LogP) is 1.50. The zero-order valence-electron chi connectivity index (χ0n) is 8.27. The molecule has 2 aliphatic rings. The minimum Gasteiger partial charge on any atom is -0.454 e. The Balaban J connectivity index is 1.85. The standard InChI is InChI=1S/C11H12O4/c1-2-9-10(15-7-14-9)5-8(1)11-6-12-3-4-13-11/h1-2,5,11H,3-4,6-7H2. The average Bonchev–Trinajstić information content (AvgIpc) is 2.77. The van der Waals surface area contributed by atoms with E-state index in [9.17, 15) is 0 Å². The summed E-state index contributed by atoms with van der Waals surface area (Å²) in [6.07, 6.45) is 0.0215. The van der Waals surface area contributed by atoms with E-state index in [1.165, 1.54) is 0 Å². The Morgan fingerprint density at radius 3 is 2.87 bits per heavy atom. The highest BCUT2D eigenvalue weighted by molar-refractivity contribution is 5.45. The van der Waals surface area contributed by atoms with E-state index < -0.39 is 0 Å². The molecule has 0 aromatic heterocycles. The van der Waals surface area contributed by atoms with Gasteiger partial charge in [-0.1, -0.05) is 6.07 Å². The van der Waals surface area contributed by atoms with Crippen molar-refractivity contribution in [1.82, 2.24) is 0 Å². The molecule has 80 valence electrons. The SMILES string of the molecule is c1cc2c(cc1C1COCCO1)OCO2. The van der Waals surface area contributed by atoms with Crippen LogP contribution in [0.2, 0.25) is 0 Å². The van der Waals surface area contributed by atoms with Crippen LogP contribution < -0.4 is 9.47 Å². The molecule has 0 amide bonds. The second kappa shape index (κ2) is 3.72. The Morgan fingerprint density at radius 1 is 1.07 bits per heavy atom. The molecule has 2 heterocycles. The topological polar surface area (TPSA) is 36.9 Å². The number of ether oxygens (including phenoxy) is 4. The van der Waals surface area contributed by atoms with Crippen molar-refractivity contribution in [1.29, 1.82) is 0 Å². The van der Waals surface area contributed by atoms with Gasteiger partial charge in [-0.05, 0) is 17.7 Å². The summed E-state index contributed by atoms with van der Waals surface area (Å²) in [6, 6.07) is 5.87. The van der Waals surface area contributed by atoms with Crippen LogP contribution in [0.4, 0.5) is 0 Å². The molecule has 1 aromatic carbocycles. The van der Waals surface area contributed by atoms with Crippen LogP contribution in [0.3, 0.4) is 0 Å². The first-order chi connectivity index (χ1) is 7.43. The van der Waals surface area contributed by atoms with Crippen molar-refractivity contribution >= 4 is 0 Å². The Morgan fingerprint density at radius 2 is 2.00 bits per heavy atom. The van der Waals surface area contributed by atoms with Crippen LogP contribution >= 0.6 is 0 Å². The molecule has 4 heteroatoms. The molecular weight excluding hydrogens is 196 g/mol. The Bertz CT molecular complexity index is 358. The summed E-state index contributed by atoms with van der Waals surface area (Å²) >= 11 is 0. The molecule has 0 aliphatic carbocycles. The number of hydrogen-bond acceptors (Lipinski definition) is 4. The first-order valence-electron chi connectivity index (χ1n) is 5.02. The number of hydrogen-bond donors (Lipinski definition) is 0. The third kappa shape index (κ3) is 1.66. The first kappa shape index (κ1) is 9.00. The maximum absolute atomic E-state index is 5.60. The van der Waals surface area contributed by atoms with E-state index in [4.69, 9.17) is 18.9 Å². The molecular formula is C11H12O4. The lowest BCUT2D eigenvalue weighted by Crippen LogP contribution is -2.21. The first-order valence-corrected chi connectivity index (χ1v) is 5.02. The normalized spacial score (nSPS) is 24.1. The molecule has 0 N–H and O–H groups in total. The Hall–Kier alpha value is -1.26. The summed E-state index contributed by atoms with van der Waals surface area (Å²) in [5, 5.41) is 0. The highest BCUT2D eigenvalue weighted by Crippen LogP contribution is 2.35. The second-order valence-electron chi connectivity index (χ2n) is 3.55. The van der Waals surface area contributed by atoms with Gasteiger partial charge in [-0.3, -0.25) is 0 Å². The van der Waals surface area contributed by atoms with Crippen molar-refractivity contribution in [2.24, 2.45) is 0 Å². The molecule has 0 saturated carbocycles. The molecule has 1 unspecified atom stereocenters. The van der Waals surface area contributed by atoms with Crippen LogP contribution in [-0.4, -0.2) is 26.6 Å². The molecule has 15 heavy (non-hydrogen) atoms. The molecule has 4 nitrogen and oxygen atoms in total. The lowest BCUT2D eigenvalue weighted by atomic mass is 10.1. The number of rotatable bonds is 1. The van der Waals surface area contributed by atoms with Crippen molar-refractivity contribution in [3.05, 3.63) is 23.8 Å². The lowest BCUT2D eigenvalue weighted by molar-refractivity contribution is -0.0901. The quantitative estimate of drug-likeness (QED) is 0.701. The maximum atomic E-state index is 5.60. The van der Waals surface area contributed by atoms with Crippen LogP contribution in [-0.2, 0) is 9.47 Å². The van der Waals surface area contributed by atoms with Gasteiger partial charge in [0.15, 0.2) is 11.5 Å². The fourth-order valence-electron chi connectivity index (χ4n) is 1.79. The fourth-order valence-corrected chi connectivity index (χ4v) is 1.79. The summed E-state index contributed by atoms with van der Waals surface area (Å²) in [5.41, 5.74) is 1.08. The van der Waals surface area contributed by atoms with E-state index in [-0.39, 0.29) is 6.10 Å². The third-order valence-electron chi connectivity index (χ3n) is 2.58. The van der Waals surface area contributed by atoms with Crippen molar-refractivity contribution in [3.63, 3.8) is 0 Å². The third-order valence-corrected chi connectivity index (χ3v) is 2.58. The summed E-state index contributed by atoms with van der Waals surface area (Å²) in [4.78, 5) is 0. The van der Waals surface area contributed by atoms with Crippen LogP contribution in [0.5, 0.6) is 11.5 Å². The lowest BCUT2D eigenvalue weighted by Gasteiger charge is -2.23. The van der Waals surface area contributed by atoms with Gasteiger partial charge in [0.25, 0.3) is 0 Å². The largest absolute Gasteiger partial charge is 0.454 e. The molecule has 2 aliphatic heterocycles.